The molecule has 0 spiro atoms. The van der Waals surface area contributed by atoms with Crippen molar-refractivity contribution in [3.05, 3.63) is 35.6 Å². The van der Waals surface area contributed by atoms with Gasteiger partial charge in [-0.2, -0.15) is 0 Å². The summed E-state index contributed by atoms with van der Waals surface area (Å²) in [6.45, 7) is 5.15. The highest BCUT2D eigenvalue weighted by molar-refractivity contribution is 5.79. The highest BCUT2D eigenvalue weighted by Crippen LogP contribution is 2.44. The van der Waals surface area contributed by atoms with E-state index in [0.717, 1.165) is 37.6 Å². The van der Waals surface area contributed by atoms with Crippen molar-refractivity contribution >= 4 is 5.96 Å². The highest BCUT2D eigenvalue weighted by Gasteiger charge is 2.36. The predicted molar refractivity (Wildman–Crippen MR) is 110 cm³/mol. The zero-order valence-electron chi connectivity index (χ0n) is 17.2. The Labute approximate surface area is 163 Å². The van der Waals surface area contributed by atoms with E-state index >= 15 is 0 Å². The number of nitrogens with zero attached hydrogens (tertiary/aromatic N) is 2. The lowest BCUT2D eigenvalue weighted by Gasteiger charge is -2.40. The SMILES string of the molecule is CCNC(=NCC1(CCOC)CCC1)NCC(c1cccc(F)c1)N(C)C. The van der Waals surface area contributed by atoms with E-state index in [9.17, 15) is 4.39 Å². The van der Waals surface area contributed by atoms with Crippen LogP contribution >= 0.6 is 0 Å². The number of methoxy groups -OCH3 is 1. The normalized spacial score (nSPS) is 17.5. The van der Waals surface area contributed by atoms with Gasteiger partial charge in [0.1, 0.15) is 5.82 Å². The van der Waals surface area contributed by atoms with E-state index in [1.54, 1.807) is 19.2 Å². The third-order valence-corrected chi connectivity index (χ3v) is 5.49. The minimum Gasteiger partial charge on any atom is -0.385 e. The largest absolute Gasteiger partial charge is 0.385 e. The number of benzene rings is 1. The molecule has 27 heavy (non-hydrogen) atoms. The summed E-state index contributed by atoms with van der Waals surface area (Å²) in [6.07, 6.45) is 4.80. The fourth-order valence-corrected chi connectivity index (χ4v) is 3.58. The van der Waals surface area contributed by atoms with Crippen molar-refractivity contribution < 1.29 is 9.13 Å². The van der Waals surface area contributed by atoms with Crippen LogP contribution < -0.4 is 10.6 Å². The van der Waals surface area contributed by atoms with Crippen LogP contribution in [-0.4, -0.2) is 58.3 Å². The molecule has 1 aliphatic rings. The first-order valence-electron chi connectivity index (χ1n) is 9.93. The first-order valence-corrected chi connectivity index (χ1v) is 9.93. The van der Waals surface area contributed by atoms with Gasteiger partial charge in [0.15, 0.2) is 5.96 Å². The maximum Gasteiger partial charge on any atom is 0.191 e. The van der Waals surface area contributed by atoms with Crippen LogP contribution in [0.1, 0.15) is 44.2 Å². The van der Waals surface area contributed by atoms with Gasteiger partial charge in [0.25, 0.3) is 0 Å². The standard InChI is InChI=1S/C21H35FN4O/c1-5-23-20(25-16-21(10-7-11-21)12-13-27-4)24-15-19(26(2)3)17-8-6-9-18(22)14-17/h6,8-9,14,19H,5,7,10-13,15-16H2,1-4H3,(H2,23,24,25). The van der Waals surface area contributed by atoms with Gasteiger partial charge in [0, 0.05) is 33.4 Å². The number of halogens is 1. The molecule has 0 aromatic heterocycles. The molecule has 0 aliphatic heterocycles. The minimum absolute atomic E-state index is 0.0655. The molecule has 5 nitrogen and oxygen atoms in total. The molecule has 0 amide bonds. The van der Waals surface area contributed by atoms with Crippen LogP contribution in [-0.2, 0) is 4.74 Å². The number of rotatable bonds is 10. The Bertz CT molecular complexity index is 602. The number of hydrogen-bond acceptors (Lipinski definition) is 3. The fraction of sp³-hybridized carbons (Fsp3) is 0.667. The number of likely N-dealkylation sites (N-methyl/N-ethyl adjacent to an activating group) is 1. The summed E-state index contributed by atoms with van der Waals surface area (Å²) in [4.78, 5) is 6.94. The zero-order valence-corrected chi connectivity index (χ0v) is 17.2. The topological polar surface area (TPSA) is 48.9 Å². The maximum atomic E-state index is 13.6. The van der Waals surface area contributed by atoms with E-state index in [-0.39, 0.29) is 11.9 Å². The van der Waals surface area contributed by atoms with Crippen molar-refractivity contribution in [2.45, 2.75) is 38.6 Å². The number of aliphatic imine (C=N–C) groups is 1. The third-order valence-electron chi connectivity index (χ3n) is 5.49. The molecule has 1 aromatic carbocycles. The summed E-state index contributed by atoms with van der Waals surface area (Å²) in [7, 11) is 5.78. The van der Waals surface area contributed by atoms with E-state index in [1.807, 2.05) is 20.2 Å². The van der Waals surface area contributed by atoms with Gasteiger partial charge in [-0.25, -0.2) is 4.39 Å². The van der Waals surface area contributed by atoms with Crippen LogP contribution in [0.15, 0.2) is 29.3 Å². The van der Waals surface area contributed by atoms with Crippen LogP contribution in [0.3, 0.4) is 0 Å². The average molecular weight is 379 g/mol. The molecule has 2 rings (SSSR count). The van der Waals surface area contributed by atoms with Crippen LogP contribution in [0.4, 0.5) is 4.39 Å². The summed E-state index contributed by atoms with van der Waals surface area (Å²) >= 11 is 0. The second-order valence-electron chi connectivity index (χ2n) is 7.71. The number of hydrogen-bond donors (Lipinski definition) is 2. The summed E-state index contributed by atoms with van der Waals surface area (Å²) in [5.41, 5.74) is 1.25. The van der Waals surface area contributed by atoms with Crippen molar-refractivity contribution in [2.24, 2.45) is 10.4 Å². The minimum atomic E-state index is -0.204. The smallest absolute Gasteiger partial charge is 0.191 e. The zero-order chi connectivity index (χ0) is 19.7. The second kappa shape index (κ2) is 10.6. The number of guanidine groups is 1. The van der Waals surface area contributed by atoms with Crippen molar-refractivity contribution in [3.8, 4) is 0 Å². The Hall–Kier alpha value is -1.66. The molecule has 1 aromatic rings. The lowest BCUT2D eigenvalue weighted by atomic mass is 9.67. The molecule has 1 atom stereocenters. The maximum absolute atomic E-state index is 13.6. The van der Waals surface area contributed by atoms with Gasteiger partial charge in [0.05, 0.1) is 6.04 Å². The molecular formula is C21H35FN4O. The van der Waals surface area contributed by atoms with Crippen LogP contribution in [0, 0.1) is 11.2 Å². The molecule has 1 fully saturated rings. The fourth-order valence-electron chi connectivity index (χ4n) is 3.58. The molecule has 0 radical (unpaired) electrons. The van der Waals surface area contributed by atoms with Gasteiger partial charge in [-0.05, 0) is 63.4 Å². The van der Waals surface area contributed by atoms with E-state index in [2.05, 4.69) is 22.5 Å². The van der Waals surface area contributed by atoms with Gasteiger partial charge >= 0.3 is 0 Å². The molecule has 1 aliphatic carbocycles. The van der Waals surface area contributed by atoms with Gasteiger partial charge < -0.3 is 20.3 Å². The van der Waals surface area contributed by atoms with Gasteiger partial charge in [0.2, 0.25) is 0 Å². The Balaban J connectivity index is 2.01. The highest BCUT2D eigenvalue weighted by atomic mass is 19.1. The lowest BCUT2D eigenvalue weighted by Crippen LogP contribution is -2.43. The van der Waals surface area contributed by atoms with Crippen molar-refractivity contribution in [2.75, 3.05) is 47.4 Å². The Kier molecular flexibility index (Phi) is 8.51. The van der Waals surface area contributed by atoms with E-state index in [1.165, 1.54) is 25.3 Å². The lowest BCUT2D eigenvalue weighted by molar-refractivity contribution is 0.0778. The van der Waals surface area contributed by atoms with Crippen molar-refractivity contribution in [3.63, 3.8) is 0 Å². The first-order chi connectivity index (χ1) is 13.0. The van der Waals surface area contributed by atoms with Crippen molar-refractivity contribution in [1.29, 1.82) is 0 Å². The van der Waals surface area contributed by atoms with Crippen molar-refractivity contribution in [1.82, 2.24) is 15.5 Å². The van der Waals surface area contributed by atoms with Gasteiger partial charge in [-0.3, -0.25) is 4.99 Å². The Morgan fingerprint density at radius 1 is 1.33 bits per heavy atom. The predicted octanol–water partition coefficient (Wildman–Crippen LogP) is 3.19. The Morgan fingerprint density at radius 2 is 2.11 bits per heavy atom. The molecule has 6 heteroatoms. The molecule has 1 unspecified atom stereocenters. The third kappa shape index (κ3) is 6.47. The summed E-state index contributed by atoms with van der Waals surface area (Å²) in [6, 6.07) is 6.87. The summed E-state index contributed by atoms with van der Waals surface area (Å²) in [5.74, 6) is 0.620. The van der Waals surface area contributed by atoms with E-state index < -0.39 is 0 Å². The Morgan fingerprint density at radius 3 is 2.67 bits per heavy atom. The number of nitrogens with one attached hydrogen (secondary N) is 2. The molecule has 1 saturated carbocycles. The van der Waals surface area contributed by atoms with Gasteiger partial charge in [-0.1, -0.05) is 18.6 Å². The van der Waals surface area contributed by atoms with Crippen LogP contribution in [0.5, 0.6) is 0 Å². The monoisotopic (exact) mass is 378 g/mol. The van der Waals surface area contributed by atoms with E-state index in [4.69, 9.17) is 9.73 Å². The van der Waals surface area contributed by atoms with Gasteiger partial charge in [-0.15, -0.1) is 0 Å². The summed E-state index contributed by atoms with van der Waals surface area (Å²) < 4.78 is 18.9. The first kappa shape index (κ1) is 21.6. The average Bonchev–Trinajstić information content (AvgIpc) is 2.60. The summed E-state index contributed by atoms with van der Waals surface area (Å²) in [5, 5.41) is 6.77. The van der Waals surface area contributed by atoms with Crippen LogP contribution in [0.25, 0.3) is 0 Å². The second-order valence-corrected chi connectivity index (χ2v) is 7.71. The molecule has 0 bridgehead atoms. The molecule has 152 valence electrons. The quantitative estimate of drug-likeness (QED) is 0.485. The molecular weight excluding hydrogens is 343 g/mol. The molecule has 2 N–H and O–H groups in total. The molecule has 0 heterocycles. The molecule has 0 saturated heterocycles. The van der Waals surface area contributed by atoms with E-state index in [0.29, 0.717) is 12.0 Å². The number of ether oxygens (including phenoxy) is 1. The van der Waals surface area contributed by atoms with Crippen LogP contribution in [0.2, 0.25) is 0 Å².